The van der Waals surface area contributed by atoms with E-state index < -0.39 is 5.54 Å². The molecule has 2 unspecified atom stereocenters. The largest absolute Gasteiger partial charge is 0.468 e. The molecule has 2 N–H and O–H groups in total. The van der Waals surface area contributed by atoms with Gasteiger partial charge in [-0.3, -0.25) is 4.79 Å². The van der Waals surface area contributed by atoms with Crippen LogP contribution in [-0.2, 0) is 14.3 Å². The number of hydrogen-bond acceptors (Lipinski definition) is 4. The summed E-state index contributed by atoms with van der Waals surface area (Å²) in [5.74, 6) is 0.594. The van der Waals surface area contributed by atoms with Crippen molar-refractivity contribution < 1.29 is 14.3 Å². The summed E-state index contributed by atoms with van der Waals surface area (Å²) < 4.78 is 10.4. The Morgan fingerprint density at radius 3 is 2.78 bits per heavy atom. The van der Waals surface area contributed by atoms with E-state index in [0.717, 1.165) is 38.7 Å². The molecule has 1 fully saturated rings. The summed E-state index contributed by atoms with van der Waals surface area (Å²) in [6.45, 7) is 5.85. The standard InChI is InChI=1S/C14H27NO3/c1-11(2)6-9-18-10-7-12-5-4-8-14(12,15)13(16)17-3/h11-12H,4-10,15H2,1-3H3. The third kappa shape index (κ3) is 3.95. The molecule has 0 saturated heterocycles. The SMILES string of the molecule is COC(=O)C1(N)CCCC1CCOCCC(C)C. The lowest BCUT2D eigenvalue weighted by molar-refractivity contribution is -0.148. The monoisotopic (exact) mass is 257 g/mol. The van der Waals surface area contributed by atoms with E-state index in [1.165, 1.54) is 7.11 Å². The Kier molecular flexibility index (Phi) is 6.09. The Labute approximate surface area is 110 Å². The van der Waals surface area contributed by atoms with Gasteiger partial charge in [-0.15, -0.1) is 0 Å². The molecule has 0 spiro atoms. The van der Waals surface area contributed by atoms with Crippen LogP contribution in [0.3, 0.4) is 0 Å². The Bertz CT molecular complexity index is 268. The molecule has 0 aromatic carbocycles. The first-order valence-corrected chi connectivity index (χ1v) is 6.95. The van der Waals surface area contributed by atoms with Crippen molar-refractivity contribution in [2.75, 3.05) is 20.3 Å². The number of rotatable bonds is 7. The van der Waals surface area contributed by atoms with Gasteiger partial charge in [0, 0.05) is 13.2 Å². The summed E-state index contributed by atoms with van der Waals surface area (Å²) in [6, 6.07) is 0. The zero-order chi connectivity index (χ0) is 13.6. The van der Waals surface area contributed by atoms with E-state index in [4.69, 9.17) is 15.2 Å². The first kappa shape index (κ1) is 15.4. The number of methoxy groups -OCH3 is 1. The number of hydrogen-bond donors (Lipinski definition) is 1. The fourth-order valence-corrected chi connectivity index (χ4v) is 2.61. The first-order chi connectivity index (χ1) is 8.50. The number of ether oxygens (including phenoxy) is 2. The maximum atomic E-state index is 11.7. The molecule has 18 heavy (non-hydrogen) atoms. The van der Waals surface area contributed by atoms with Crippen molar-refractivity contribution in [3.63, 3.8) is 0 Å². The van der Waals surface area contributed by atoms with Crippen LogP contribution >= 0.6 is 0 Å². The van der Waals surface area contributed by atoms with Gasteiger partial charge in [0.05, 0.1) is 7.11 Å². The van der Waals surface area contributed by atoms with E-state index in [0.29, 0.717) is 12.5 Å². The van der Waals surface area contributed by atoms with Crippen LogP contribution in [0.2, 0.25) is 0 Å². The highest BCUT2D eigenvalue weighted by Gasteiger charge is 2.46. The van der Waals surface area contributed by atoms with Crippen molar-refractivity contribution in [3.05, 3.63) is 0 Å². The average molecular weight is 257 g/mol. The van der Waals surface area contributed by atoms with Crippen LogP contribution in [0.4, 0.5) is 0 Å². The van der Waals surface area contributed by atoms with Crippen LogP contribution in [0.1, 0.15) is 46.0 Å². The summed E-state index contributed by atoms with van der Waals surface area (Å²) in [4.78, 5) is 11.7. The van der Waals surface area contributed by atoms with Crippen LogP contribution in [0.15, 0.2) is 0 Å². The molecule has 4 heteroatoms. The third-order valence-electron chi connectivity index (χ3n) is 3.89. The molecular weight excluding hydrogens is 230 g/mol. The third-order valence-corrected chi connectivity index (χ3v) is 3.89. The van der Waals surface area contributed by atoms with Crippen LogP contribution < -0.4 is 5.73 Å². The van der Waals surface area contributed by atoms with E-state index in [-0.39, 0.29) is 11.9 Å². The Morgan fingerprint density at radius 2 is 2.17 bits per heavy atom. The second-order valence-corrected chi connectivity index (χ2v) is 5.70. The van der Waals surface area contributed by atoms with E-state index in [1.807, 2.05) is 0 Å². The minimum atomic E-state index is -0.782. The molecule has 1 aliphatic rings. The summed E-state index contributed by atoms with van der Waals surface area (Å²) in [5.41, 5.74) is 5.41. The smallest absolute Gasteiger partial charge is 0.326 e. The fraction of sp³-hybridized carbons (Fsp3) is 0.929. The zero-order valence-corrected chi connectivity index (χ0v) is 11.9. The van der Waals surface area contributed by atoms with Crippen molar-refractivity contribution in [2.24, 2.45) is 17.6 Å². The number of esters is 1. The first-order valence-electron chi connectivity index (χ1n) is 6.95. The Balaban J connectivity index is 2.30. The van der Waals surface area contributed by atoms with E-state index >= 15 is 0 Å². The van der Waals surface area contributed by atoms with Gasteiger partial charge in [-0.2, -0.15) is 0 Å². The summed E-state index contributed by atoms with van der Waals surface area (Å²) in [5, 5.41) is 0. The van der Waals surface area contributed by atoms with Crippen molar-refractivity contribution >= 4 is 5.97 Å². The number of carbonyl (C=O) groups is 1. The molecule has 0 heterocycles. The van der Waals surface area contributed by atoms with Gasteiger partial charge in [0.1, 0.15) is 5.54 Å². The summed E-state index contributed by atoms with van der Waals surface area (Å²) in [7, 11) is 1.41. The van der Waals surface area contributed by atoms with Gasteiger partial charge in [-0.25, -0.2) is 0 Å². The van der Waals surface area contributed by atoms with Crippen molar-refractivity contribution in [1.82, 2.24) is 0 Å². The summed E-state index contributed by atoms with van der Waals surface area (Å²) >= 11 is 0. The summed E-state index contributed by atoms with van der Waals surface area (Å²) in [6.07, 6.45) is 4.66. The zero-order valence-electron chi connectivity index (χ0n) is 11.9. The van der Waals surface area contributed by atoms with Crippen LogP contribution in [-0.4, -0.2) is 31.8 Å². The molecule has 0 aromatic heterocycles. The van der Waals surface area contributed by atoms with Gasteiger partial charge in [-0.1, -0.05) is 20.3 Å². The second kappa shape index (κ2) is 7.10. The molecule has 4 nitrogen and oxygen atoms in total. The van der Waals surface area contributed by atoms with E-state index in [1.54, 1.807) is 0 Å². The average Bonchev–Trinajstić information content (AvgIpc) is 2.70. The highest BCUT2D eigenvalue weighted by atomic mass is 16.5. The molecule has 0 radical (unpaired) electrons. The minimum absolute atomic E-state index is 0.198. The fourth-order valence-electron chi connectivity index (χ4n) is 2.61. The molecule has 1 rings (SSSR count). The van der Waals surface area contributed by atoms with Crippen molar-refractivity contribution in [1.29, 1.82) is 0 Å². The second-order valence-electron chi connectivity index (χ2n) is 5.70. The molecule has 0 aliphatic heterocycles. The van der Waals surface area contributed by atoms with E-state index in [2.05, 4.69) is 13.8 Å². The van der Waals surface area contributed by atoms with Crippen molar-refractivity contribution in [3.8, 4) is 0 Å². The highest BCUT2D eigenvalue weighted by molar-refractivity contribution is 5.81. The van der Waals surface area contributed by atoms with Crippen LogP contribution in [0.5, 0.6) is 0 Å². The molecule has 1 aliphatic carbocycles. The lowest BCUT2D eigenvalue weighted by Gasteiger charge is -2.28. The van der Waals surface area contributed by atoms with Gasteiger partial charge in [0.25, 0.3) is 0 Å². The predicted molar refractivity (Wildman–Crippen MR) is 71.2 cm³/mol. The highest BCUT2D eigenvalue weighted by Crippen LogP contribution is 2.36. The van der Waals surface area contributed by atoms with Gasteiger partial charge in [0.2, 0.25) is 0 Å². The maximum Gasteiger partial charge on any atom is 0.326 e. The normalized spacial score (nSPS) is 27.7. The van der Waals surface area contributed by atoms with Crippen molar-refractivity contribution in [2.45, 2.75) is 51.5 Å². The van der Waals surface area contributed by atoms with Gasteiger partial charge in [0.15, 0.2) is 0 Å². The molecular formula is C14H27NO3. The molecule has 0 aromatic rings. The Hall–Kier alpha value is -0.610. The quantitative estimate of drug-likeness (QED) is 0.560. The topological polar surface area (TPSA) is 61.5 Å². The minimum Gasteiger partial charge on any atom is -0.468 e. The van der Waals surface area contributed by atoms with Gasteiger partial charge >= 0.3 is 5.97 Å². The number of nitrogens with two attached hydrogens (primary N) is 1. The lowest BCUT2D eigenvalue weighted by atomic mass is 9.86. The molecule has 1 saturated carbocycles. The van der Waals surface area contributed by atoms with Crippen LogP contribution in [0.25, 0.3) is 0 Å². The van der Waals surface area contributed by atoms with Crippen LogP contribution in [0, 0.1) is 11.8 Å². The lowest BCUT2D eigenvalue weighted by Crippen LogP contribution is -2.51. The van der Waals surface area contributed by atoms with Gasteiger partial charge < -0.3 is 15.2 Å². The predicted octanol–water partition coefficient (Wildman–Crippen LogP) is 2.11. The van der Waals surface area contributed by atoms with E-state index in [9.17, 15) is 4.79 Å². The number of carbonyl (C=O) groups excluding carboxylic acids is 1. The molecule has 0 amide bonds. The Morgan fingerprint density at radius 1 is 1.44 bits per heavy atom. The molecule has 0 bridgehead atoms. The molecule has 2 atom stereocenters. The maximum absolute atomic E-state index is 11.7. The molecule has 106 valence electrons. The van der Waals surface area contributed by atoms with Gasteiger partial charge in [-0.05, 0) is 37.5 Å².